The number of rotatable bonds is 3. The SMILES string of the molecule is CC(C)=CC1C=C(C)C(C)C(C)(OC=O)C1. The van der Waals surface area contributed by atoms with Gasteiger partial charge in [-0.1, -0.05) is 30.2 Å². The lowest BCUT2D eigenvalue weighted by atomic mass is 9.73. The smallest absolute Gasteiger partial charge is 0.293 e. The van der Waals surface area contributed by atoms with Crippen LogP contribution in [0.4, 0.5) is 0 Å². The number of carbonyl (C=O) groups excluding carboxylic acids is 1. The third kappa shape index (κ3) is 2.75. The fourth-order valence-electron chi connectivity index (χ4n) is 2.46. The van der Waals surface area contributed by atoms with Crippen LogP contribution in [0.3, 0.4) is 0 Å². The number of hydrogen-bond donors (Lipinski definition) is 0. The first-order valence-electron chi connectivity index (χ1n) is 5.84. The van der Waals surface area contributed by atoms with Gasteiger partial charge >= 0.3 is 0 Å². The highest BCUT2D eigenvalue weighted by molar-refractivity contribution is 5.39. The van der Waals surface area contributed by atoms with Gasteiger partial charge in [-0.15, -0.1) is 0 Å². The summed E-state index contributed by atoms with van der Waals surface area (Å²) in [6, 6.07) is 0. The molecule has 2 nitrogen and oxygen atoms in total. The van der Waals surface area contributed by atoms with Crippen LogP contribution in [-0.4, -0.2) is 12.1 Å². The number of ether oxygens (including phenoxy) is 1. The zero-order chi connectivity index (χ0) is 12.3. The third-order valence-corrected chi connectivity index (χ3v) is 3.58. The molecule has 0 aromatic heterocycles. The van der Waals surface area contributed by atoms with Crippen molar-refractivity contribution in [3.8, 4) is 0 Å². The summed E-state index contributed by atoms with van der Waals surface area (Å²) in [5.41, 5.74) is 2.24. The van der Waals surface area contributed by atoms with E-state index in [9.17, 15) is 4.79 Å². The zero-order valence-electron chi connectivity index (χ0n) is 10.9. The predicted octanol–water partition coefficient (Wildman–Crippen LogP) is 3.49. The molecule has 3 unspecified atom stereocenters. The lowest BCUT2D eigenvalue weighted by Gasteiger charge is -2.40. The molecular weight excluding hydrogens is 200 g/mol. The predicted molar refractivity (Wildman–Crippen MR) is 66.0 cm³/mol. The molecule has 0 saturated carbocycles. The van der Waals surface area contributed by atoms with E-state index in [4.69, 9.17) is 4.74 Å². The highest BCUT2D eigenvalue weighted by Crippen LogP contribution is 2.39. The fourth-order valence-corrected chi connectivity index (χ4v) is 2.46. The van der Waals surface area contributed by atoms with Crippen LogP contribution in [-0.2, 0) is 9.53 Å². The van der Waals surface area contributed by atoms with E-state index in [0.29, 0.717) is 18.3 Å². The molecule has 3 atom stereocenters. The summed E-state index contributed by atoms with van der Waals surface area (Å²) in [5.74, 6) is 0.672. The molecule has 1 aliphatic carbocycles. The summed E-state index contributed by atoms with van der Waals surface area (Å²) in [4.78, 5) is 10.6. The third-order valence-electron chi connectivity index (χ3n) is 3.58. The fraction of sp³-hybridized carbons (Fsp3) is 0.643. The number of carbonyl (C=O) groups is 1. The van der Waals surface area contributed by atoms with Gasteiger partial charge in [0, 0.05) is 5.92 Å². The molecule has 0 radical (unpaired) electrons. The van der Waals surface area contributed by atoms with Gasteiger partial charge in [-0.05, 0) is 40.0 Å². The van der Waals surface area contributed by atoms with Gasteiger partial charge in [0.1, 0.15) is 5.60 Å². The number of allylic oxidation sites excluding steroid dienone is 3. The molecule has 1 rings (SSSR count). The Morgan fingerprint density at radius 1 is 1.56 bits per heavy atom. The van der Waals surface area contributed by atoms with Crippen molar-refractivity contribution in [3.05, 3.63) is 23.3 Å². The van der Waals surface area contributed by atoms with Crippen molar-refractivity contribution in [2.75, 3.05) is 0 Å². The van der Waals surface area contributed by atoms with Crippen LogP contribution in [0.2, 0.25) is 0 Å². The minimum atomic E-state index is -0.364. The second-order valence-corrected chi connectivity index (χ2v) is 5.27. The number of hydrogen-bond acceptors (Lipinski definition) is 2. The van der Waals surface area contributed by atoms with Crippen molar-refractivity contribution in [3.63, 3.8) is 0 Å². The Balaban J connectivity index is 2.97. The van der Waals surface area contributed by atoms with Crippen molar-refractivity contribution in [1.29, 1.82) is 0 Å². The highest BCUT2D eigenvalue weighted by Gasteiger charge is 2.38. The molecule has 0 amide bonds. The molecule has 0 bridgehead atoms. The quantitative estimate of drug-likeness (QED) is 0.539. The van der Waals surface area contributed by atoms with Crippen LogP contribution in [0.1, 0.15) is 41.0 Å². The first-order valence-corrected chi connectivity index (χ1v) is 5.84. The normalized spacial score (nSPS) is 33.9. The largest absolute Gasteiger partial charge is 0.461 e. The van der Waals surface area contributed by atoms with Crippen LogP contribution >= 0.6 is 0 Å². The Labute approximate surface area is 98.4 Å². The molecule has 0 aliphatic heterocycles. The van der Waals surface area contributed by atoms with Crippen LogP contribution < -0.4 is 0 Å². The van der Waals surface area contributed by atoms with Crippen LogP contribution in [0.25, 0.3) is 0 Å². The van der Waals surface area contributed by atoms with Crippen molar-refractivity contribution < 1.29 is 9.53 Å². The van der Waals surface area contributed by atoms with Crippen LogP contribution in [0.5, 0.6) is 0 Å². The van der Waals surface area contributed by atoms with Crippen molar-refractivity contribution in [2.45, 2.75) is 46.6 Å². The van der Waals surface area contributed by atoms with Crippen molar-refractivity contribution >= 4 is 6.47 Å². The average molecular weight is 222 g/mol. The van der Waals surface area contributed by atoms with E-state index in [1.165, 1.54) is 11.1 Å². The standard InChI is InChI=1S/C14H22O2/c1-10(2)6-13-7-11(3)12(4)14(5,8-13)16-9-15/h6-7,9,12-13H,8H2,1-5H3. The maximum atomic E-state index is 10.6. The Morgan fingerprint density at radius 2 is 2.19 bits per heavy atom. The second kappa shape index (κ2) is 4.86. The summed E-state index contributed by atoms with van der Waals surface area (Å²) >= 11 is 0. The van der Waals surface area contributed by atoms with E-state index in [-0.39, 0.29) is 5.60 Å². The molecule has 0 aromatic rings. The molecule has 0 heterocycles. The molecule has 1 aliphatic rings. The molecule has 2 heteroatoms. The van der Waals surface area contributed by atoms with E-state index >= 15 is 0 Å². The Bertz CT molecular complexity index is 324. The van der Waals surface area contributed by atoms with Gasteiger partial charge < -0.3 is 4.74 Å². The Morgan fingerprint density at radius 3 is 2.69 bits per heavy atom. The molecule has 0 aromatic carbocycles. The van der Waals surface area contributed by atoms with E-state index in [0.717, 1.165) is 6.42 Å². The molecule has 90 valence electrons. The van der Waals surface area contributed by atoms with Gasteiger partial charge in [0.05, 0.1) is 0 Å². The van der Waals surface area contributed by atoms with Crippen LogP contribution in [0.15, 0.2) is 23.3 Å². The van der Waals surface area contributed by atoms with Gasteiger partial charge in [0.2, 0.25) is 0 Å². The molecule has 0 N–H and O–H groups in total. The molecule has 16 heavy (non-hydrogen) atoms. The van der Waals surface area contributed by atoms with Gasteiger partial charge in [-0.3, -0.25) is 4.79 Å². The minimum absolute atomic E-state index is 0.291. The van der Waals surface area contributed by atoms with Crippen molar-refractivity contribution in [2.24, 2.45) is 11.8 Å². The minimum Gasteiger partial charge on any atom is -0.461 e. The topological polar surface area (TPSA) is 26.3 Å². The Hall–Kier alpha value is -1.05. The Kier molecular flexibility index (Phi) is 3.95. The van der Waals surface area contributed by atoms with Gasteiger partial charge in [-0.2, -0.15) is 0 Å². The summed E-state index contributed by atoms with van der Waals surface area (Å²) < 4.78 is 5.31. The first-order chi connectivity index (χ1) is 7.39. The van der Waals surface area contributed by atoms with Gasteiger partial charge in [0.25, 0.3) is 6.47 Å². The summed E-state index contributed by atoms with van der Waals surface area (Å²) in [5, 5.41) is 0. The summed E-state index contributed by atoms with van der Waals surface area (Å²) in [6.07, 6.45) is 5.39. The van der Waals surface area contributed by atoms with Gasteiger partial charge in [-0.25, -0.2) is 0 Å². The van der Waals surface area contributed by atoms with E-state index in [1.54, 1.807) is 0 Å². The van der Waals surface area contributed by atoms with E-state index in [2.05, 4.69) is 39.8 Å². The average Bonchev–Trinajstić information content (AvgIpc) is 2.13. The molecule has 0 spiro atoms. The first kappa shape index (κ1) is 13.0. The summed E-state index contributed by atoms with van der Waals surface area (Å²) in [7, 11) is 0. The van der Waals surface area contributed by atoms with E-state index in [1.807, 2.05) is 6.92 Å². The summed E-state index contributed by atoms with van der Waals surface area (Å²) in [6.45, 7) is 11.0. The molecule has 0 fully saturated rings. The van der Waals surface area contributed by atoms with Gasteiger partial charge in [0.15, 0.2) is 0 Å². The molecule has 0 saturated heterocycles. The highest BCUT2D eigenvalue weighted by atomic mass is 16.5. The monoisotopic (exact) mass is 222 g/mol. The lowest BCUT2D eigenvalue weighted by molar-refractivity contribution is -0.147. The second-order valence-electron chi connectivity index (χ2n) is 5.27. The van der Waals surface area contributed by atoms with Crippen LogP contribution in [0, 0.1) is 11.8 Å². The lowest BCUT2D eigenvalue weighted by Crippen LogP contribution is -2.41. The van der Waals surface area contributed by atoms with E-state index < -0.39 is 0 Å². The maximum absolute atomic E-state index is 10.6. The van der Waals surface area contributed by atoms with Crippen molar-refractivity contribution in [1.82, 2.24) is 0 Å². The zero-order valence-corrected chi connectivity index (χ0v) is 10.9. The maximum Gasteiger partial charge on any atom is 0.293 e. The molecular formula is C14H22O2.